The van der Waals surface area contributed by atoms with Crippen molar-refractivity contribution in [1.82, 2.24) is 9.88 Å². The second-order valence-electron chi connectivity index (χ2n) is 6.90. The van der Waals surface area contributed by atoms with Crippen LogP contribution < -0.4 is 0 Å². The van der Waals surface area contributed by atoms with Crippen LogP contribution >= 0.6 is 0 Å². The van der Waals surface area contributed by atoms with E-state index in [2.05, 4.69) is 37.0 Å². The van der Waals surface area contributed by atoms with Gasteiger partial charge in [-0.25, -0.2) is 0 Å². The minimum atomic E-state index is 0.256. The number of amides is 1. The first-order valence-corrected chi connectivity index (χ1v) is 8.52. The number of nitrogens with zero attached hydrogens (tertiary/aromatic N) is 3. The van der Waals surface area contributed by atoms with E-state index in [0.29, 0.717) is 6.42 Å². The van der Waals surface area contributed by atoms with Crippen LogP contribution in [-0.4, -0.2) is 34.1 Å². The van der Waals surface area contributed by atoms with E-state index in [-0.39, 0.29) is 17.9 Å². The van der Waals surface area contributed by atoms with E-state index in [9.17, 15) is 4.79 Å². The summed E-state index contributed by atoms with van der Waals surface area (Å²) in [4.78, 5) is 23.0. The molecule has 1 aromatic carbocycles. The lowest BCUT2D eigenvalue weighted by Crippen LogP contribution is -2.32. The molecule has 0 N–H and O–H groups in total. The number of likely N-dealkylation sites (tertiary alicyclic amines) is 1. The van der Waals surface area contributed by atoms with Crippen LogP contribution in [0.1, 0.15) is 25.8 Å². The molecule has 1 aromatic heterocycles. The highest BCUT2D eigenvalue weighted by Gasteiger charge is 2.35. The number of hydrogen-bond donors (Lipinski definition) is 0. The van der Waals surface area contributed by atoms with E-state index < -0.39 is 0 Å². The molecule has 24 heavy (non-hydrogen) atoms. The molecule has 0 aliphatic carbocycles. The summed E-state index contributed by atoms with van der Waals surface area (Å²) in [6, 6.07) is 10.7. The van der Waals surface area contributed by atoms with Gasteiger partial charge in [0, 0.05) is 49.5 Å². The first kappa shape index (κ1) is 15.1. The Bertz CT molecular complexity index is 811. The minimum Gasteiger partial charge on any atom is -0.340 e. The molecule has 4 nitrogen and oxygen atoms in total. The van der Waals surface area contributed by atoms with Gasteiger partial charge < -0.3 is 4.90 Å². The van der Waals surface area contributed by atoms with Crippen LogP contribution in [-0.2, 0) is 11.2 Å². The van der Waals surface area contributed by atoms with Gasteiger partial charge >= 0.3 is 0 Å². The van der Waals surface area contributed by atoms with Crippen LogP contribution in [0.25, 0.3) is 11.1 Å². The molecule has 3 heterocycles. The van der Waals surface area contributed by atoms with Gasteiger partial charge in [-0.2, -0.15) is 0 Å². The topological polar surface area (TPSA) is 45.6 Å². The zero-order valence-electron chi connectivity index (χ0n) is 14.1. The summed E-state index contributed by atoms with van der Waals surface area (Å²) in [6.07, 6.45) is 5.09. The summed E-state index contributed by atoms with van der Waals surface area (Å²) in [7, 11) is 0. The van der Waals surface area contributed by atoms with Gasteiger partial charge in [0.25, 0.3) is 0 Å². The Kier molecular flexibility index (Phi) is 3.68. The maximum Gasteiger partial charge on any atom is 0.223 e. The van der Waals surface area contributed by atoms with Crippen LogP contribution in [0.2, 0.25) is 0 Å². The zero-order chi connectivity index (χ0) is 16.7. The maximum atomic E-state index is 12.2. The zero-order valence-corrected chi connectivity index (χ0v) is 14.1. The van der Waals surface area contributed by atoms with Gasteiger partial charge in [-0.15, -0.1) is 0 Å². The molecule has 0 spiro atoms. The third kappa shape index (κ3) is 2.62. The highest BCUT2D eigenvalue weighted by atomic mass is 16.2. The van der Waals surface area contributed by atoms with E-state index in [0.717, 1.165) is 24.4 Å². The monoisotopic (exact) mass is 319 g/mol. The molecule has 1 saturated heterocycles. The number of carbonyl (C=O) groups excluding carboxylic acids is 1. The molecule has 1 amide bonds. The smallest absolute Gasteiger partial charge is 0.223 e. The molecule has 1 fully saturated rings. The Labute approximate surface area is 142 Å². The molecule has 4 heteroatoms. The summed E-state index contributed by atoms with van der Waals surface area (Å²) >= 11 is 0. The Morgan fingerprint density at radius 2 is 1.92 bits per heavy atom. The summed E-state index contributed by atoms with van der Waals surface area (Å²) in [5, 5.41) is 0. The Balaban J connectivity index is 1.55. The van der Waals surface area contributed by atoms with E-state index in [1.54, 1.807) is 0 Å². The van der Waals surface area contributed by atoms with Gasteiger partial charge in [0.2, 0.25) is 5.91 Å². The van der Waals surface area contributed by atoms with Crippen molar-refractivity contribution >= 4 is 17.3 Å². The molecule has 0 bridgehead atoms. The van der Waals surface area contributed by atoms with Crippen molar-refractivity contribution in [3.05, 3.63) is 48.3 Å². The summed E-state index contributed by atoms with van der Waals surface area (Å²) in [5.41, 5.74) is 5.84. The molecule has 2 aromatic rings. The maximum absolute atomic E-state index is 12.2. The van der Waals surface area contributed by atoms with Crippen molar-refractivity contribution in [3.63, 3.8) is 0 Å². The van der Waals surface area contributed by atoms with Crippen LogP contribution in [0.3, 0.4) is 0 Å². The first-order valence-electron chi connectivity index (χ1n) is 8.52. The number of rotatable bonds is 3. The lowest BCUT2D eigenvalue weighted by atomic mass is 9.96. The van der Waals surface area contributed by atoms with Crippen LogP contribution in [0, 0.1) is 5.92 Å². The largest absolute Gasteiger partial charge is 0.340 e. The Morgan fingerprint density at radius 3 is 2.62 bits per heavy atom. The van der Waals surface area contributed by atoms with Crippen molar-refractivity contribution in [2.24, 2.45) is 10.9 Å². The number of carbonyl (C=O) groups is 1. The number of fused-ring (bicyclic) bond motifs is 1. The van der Waals surface area contributed by atoms with E-state index in [4.69, 9.17) is 4.99 Å². The summed E-state index contributed by atoms with van der Waals surface area (Å²) in [6.45, 7) is 4.96. The molecular weight excluding hydrogens is 298 g/mol. The second-order valence-corrected chi connectivity index (χ2v) is 6.90. The average molecular weight is 319 g/mol. The number of hydrogen-bond acceptors (Lipinski definition) is 3. The minimum absolute atomic E-state index is 0.256. The quantitative estimate of drug-likeness (QED) is 0.867. The SMILES string of the molecule is CC(C)N1CC(C2=Nc3ccc(-c4ccncc4)cc3C2)CC1=O. The van der Waals surface area contributed by atoms with E-state index in [1.807, 2.05) is 29.4 Å². The van der Waals surface area contributed by atoms with Gasteiger partial charge in [0.05, 0.1) is 5.69 Å². The van der Waals surface area contributed by atoms with Crippen molar-refractivity contribution in [3.8, 4) is 11.1 Å². The number of aliphatic imine (C=N–C) groups is 1. The molecule has 2 aliphatic rings. The highest BCUT2D eigenvalue weighted by molar-refractivity contribution is 6.00. The lowest BCUT2D eigenvalue weighted by Gasteiger charge is -2.20. The van der Waals surface area contributed by atoms with Crippen LogP contribution in [0.4, 0.5) is 5.69 Å². The summed E-state index contributed by atoms with van der Waals surface area (Å²) < 4.78 is 0. The summed E-state index contributed by atoms with van der Waals surface area (Å²) in [5.74, 6) is 0.516. The third-order valence-corrected chi connectivity index (χ3v) is 4.98. The average Bonchev–Trinajstić information content (AvgIpc) is 3.18. The molecule has 122 valence electrons. The lowest BCUT2D eigenvalue weighted by molar-refractivity contribution is -0.129. The first-order chi connectivity index (χ1) is 11.6. The van der Waals surface area contributed by atoms with Gasteiger partial charge in [-0.05, 0) is 54.8 Å². The molecule has 1 atom stereocenters. The molecule has 0 radical (unpaired) electrons. The fraction of sp³-hybridized carbons (Fsp3) is 0.350. The Hall–Kier alpha value is -2.49. The van der Waals surface area contributed by atoms with Gasteiger partial charge in [-0.3, -0.25) is 14.8 Å². The fourth-order valence-corrected chi connectivity index (χ4v) is 3.64. The van der Waals surface area contributed by atoms with Crippen molar-refractivity contribution in [2.75, 3.05) is 6.54 Å². The van der Waals surface area contributed by atoms with Crippen LogP contribution in [0.15, 0.2) is 47.7 Å². The number of aromatic nitrogens is 1. The van der Waals surface area contributed by atoms with Crippen LogP contribution in [0.5, 0.6) is 0 Å². The van der Waals surface area contributed by atoms with Gasteiger partial charge in [0.15, 0.2) is 0 Å². The van der Waals surface area contributed by atoms with Gasteiger partial charge in [-0.1, -0.05) is 6.07 Å². The van der Waals surface area contributed by atoms with Crippen molar-refractivity contribution < 1.29 is 4.79 Å². The molecular formula is C20H21N3O. The molecule has 1 unspecified atom stereocenters. The van der Waals surface area contributed by atoms with E-state index >= 15 is 0 Å². The predicted molar refractivity (Wildman–Crippen MR) is 95.4 cm³/mol. The molecule has 2 aliphatic heterocycles. The number of pyridine rings is 1. The second kappa shape index (κ2) is 5.86. The fourth-order valence-electron chi connectivity index (χ4n) is 3.64. The molecule has 4 rings (SSSR count). The standard InChI is InChI=1S/C20H21N3O/c1-13(2)23-12-17(11-20(23)24)19-10-16-9-15(3-4-18(16)22-19)14-5-7-21-8-6-14/h3-9,13,17H,10-12H2,1-2H3. The predicted octanol–water partition coefficient (Wildman–Crippen LogP) is 3.63. The van der Waals surface area contributed by atoms with Gasteiger partial charge in [0.1, 0.15) is 0 Å². The van der Waals surface area contributed by atoms with Crippen molar-refractivity contribution in [1.29, 1.82) is 0 Å². The molecule has 0 saturated carbocycles. The number of benzene rings is 1. The highest BCUT2D eigenvalue weighted by Crippen LogP contribution is 2.35. The Morgan fingerprint density at radius 1 is 1.12 bits per heavy atom. The third-order valence-electron chi connectivity index (χ3n) is 4.98. The van der Waals surface area contributed by atoms with Crippen molar-refractivity contribution in [2.45, 2.75) is 32.7 Å². The normalized spacial score (nSPS) is 19.8. The van der Waals surface area contributed by atoms with E-state index in [1.165, 1.54) is 16.7 Å².